The summed E-state index contributed by atoms with van der Waals surface area (Å²) < 4.78 is 5.93. The molecule has 0 aromatic heterocycles. The molecule has 116 valence electrons. The van der Waals surface area contributed by atoms with E-state index >= 15 is 0 Å². The molecule has 3 nitrogen and oxygen atoms in total. The number of benzene rings is 1. The van der Waals surface area contributed by atoms with E-state index in [9.17, 15) is 0 Å². The lowest BCUT2D eigenvalue weighted by Gasteiger charge is -2.39. The van der Waals surface area contributed by atoms with Gasteiger partial charge in [0.25, 0.3) is 0 Å². The van der Waals surface area contributed by atoms with Gasteiger partial charge in [0.2, 0.25) is 0 Å². The van der Waals surface area contributed by atoms with Gasteiger partial charge in [-0.2, -0.15) is 0 Å². The zero-order valence-electron chi connectivity index (χ0n) is 13.6. The number of nitrogens with zero attached hydrogens (tertiary/aromatic N) is 1. The highest BCUT2D eigenvalue weighted by Crippen LogP contribution is 2.31. The fourth-order valence-corrected chi connectivity index (χ4v) is 4.04. The van der Waals surface area contributed by atoms with E-state index in [1.54, 1.807) is 0 Å². The van der Waals surface area contributed by atoms with Crippen molar-refractivity contribution in [2.45, 2.75) is 51.3 Å². The summed E-state index contributed by atoms with van der Waals surface area (Å²) in [5.74, 6) is 0. The highest BCUT2D eigenvalue weighted by atomic mass is 16.5. The number of aryl methyl sites for hydroxylation is 2. The Hall–Kier alpha value is -0.900. The van der Waals surface area contributed by atoms with Crippen LogP contribution in [0.1, 0.15) is 42.0 Å². The van der Waals surface area contributed by atoms with Crippen LogP contribution in [0.2, 0.25) is 0 Å². The van der Waals surface area contributed by atoms with Crippen molar-refractivity contribution in [3.05, 3.63) is 34.9 Å². The molecule has 3 heteroatoms. The topological polar surface area (TPSA) is 24.5 Å². The van der Waals surface area contributed by atoms with E-state index in [1.165, 1.54) is 36.0 Å². The largest absolute Gasteiger partial charge is 0.375 e. The molecule has 3 rings (SSSR count). The van der Waals surface area contributed by atoms with Crippen molar-refractivity contribution in [3.63, 3.8) is 0 Å². The number of hydrogen-bond acceptors (Lipinski definition) is 3. The van der Waals surface area contributed by atoms with Crippen molar-refractivity contribution in [2.24, 2.45) is 0 Å². The Morgan fingerprint density at radius 1 is 1.24 bits per heavy atom. The van der Waals surface area contributed by atoms with Gasteiger partial charge in [0.05, 0.1) is 12.7 Å². The minimum atomic E-state index is 0.406. The molecule has 0 bridgehead atoms. The molecule has 0 amide bonds. The third kappa shape index (κ3) is 3.31. The summed E-state index contributed by atoms with van der Waals surface area (Å²) in [6.45, 7) is 7.43. The van der Waals surface area contributed by atoms with Gasteiger partial charge in [-0.25, -0.2) is 0 Å². The average Bonchev–Trinajstić information content (AvgIpc) is 2.92. The summed E-state index contributed by atoms with van der Waals surface area (Å²) in [6.07, 6.45) is 4.35. The van der Waals surface area contributed by atoms with Crippen molar-refractivity contribution in [2.75, 3.05) is 26.7 Å². The van der Waals surface area contributed by atoms with E-state index in [-0.39, 0.29) is 0 Å². The lowest BCUT2D eigenvalue weighted by Crippen LogP contribution is -2.50. The van der Waals surface area contributed by atoms with Crippen LogP contribution in [0.4, 0.5) is 0 Å². The average molecular weight is 288 g/mol. The van der Waals surface area contributed by atoms with Gasteiger partial charge in [-0.3, -0.25) is 4.90 Å². The van der Waals surface area contributed by atoms with E-state index in [0.29, 0.717) is 18.2 Å². The maximum Gasteiger partial charge on any atom is 0.0730 e. The number of likely N-dealkylation sites (N-methyl/N-ethyl adjacent to an activating group) is 1. The van der Waals surface area contributed by atoms with Crippen LogP contribution in [0.15, 0.2) is 18.2 Å². The second kappa shape index (κ2) is 6.47. The predicted molar refractivity (Wildman–Crippen MR) is 86.7 cm³/mol. The highest BCUT2D eigenvalue weighted by molar-refractivity contribution is 5.31. The van der Waals surface area contributed by atoms with Crippen molar-refractivity contribution in [3.8, 4) is 0 Å². The molecular weight excluding hydrogens is 260 g/mol. The number of nitrogens with one attached hydrogen (secondary N) is 1. The number of hydrogen-bond donors (Lipinski definition) is 1. The van der Waals surface area contributed by atoms with Gasteiger partial charge in [0, 0.05) is 25.2 Å². The summed E-state index contributed by atoms with van der Waals surface area (Å²) in [7, 11) is 2.08. The monoisotopic (exact) mass is 288 g/mol. The first kappa shape index (κ1) is 15.0. The maximum atomic E-state index is 5.93. The quantitative estimate of drug-likeness (QED) is 0.922. The zero-order valence-corrected chi connectivity index (χ0v) is 13.6. The molecule has 3 atom stereocenters. The summed E-state index contributed by atoms with van der Waals surface area (Å²) >= 11 is 0. The number of ether oxygens (including phenoxy) is 1. The molecule has 3 unspecified atom stereocenters. The first-order chi connectivity index (χ1) is 10.2. The van der Waals surface area contributed by atoms with E-state index in [0.717, 1.165) is 19.7 Å². The maximum absolute atomic E-state index is 5.93. The first-order valence-electron chi connectivity index (χ1n) is 8.28. The van der Waals surface area contributed by atoms with Crippen LogP contribution < -0.4 is 5.32 Å². The Balaban J connectivity index is 1.74. The van der Waals surface area contributed by atoms with Crippen LogP contribution in [0.5, 0.6) is 0 Å². The van der Waals surface area contributed by atoms with Gasteiger partial charge in [0.15, 0.2) is 0 Å². The SMILES string of the molecule is CNC(CN1CCOC2CCCC21)c1cc(C)cc(C)c1. The molecule has 1 saturated heterocycles. The Morgan fingerprint density at radius 2 is 2.00 bits per heavy atom. The second-order valence-corrected chi connectivity index (χ2v) is 6.66. The fourth-order valence-electron chi connectivity index (χ4n) is 4.04. The van der Waals surface area contributed by atoms with Gasteiger partial charge in [-0.05, 0) is 45.7 Å². The van der Waals surface area contributed by atoms with Crippen molar-refractivity contribution >= 4 is 0 Å². The van der Waals surface area contributed by atoms with Crippen LogP contribution >= 0.6 is 0 Å². The van der Waals surface area contributed by atoms with Crippen LogP contribution in [-0.2, 0) is 4.74 Å². The van der Waals surface area contributed by atoms with E-state index in [4.69, 9.17) is 4.74 Å². The van der Waals surface area contributed by atoms with E-state index in [2.05, 4.69) is 49.3 Å². The van der Waals surface area contributed by atoms with Crippen molar-refractivity contribution in [1.82, 2.24) is 10.2 Å². The molecule has 2 fully saturated rings. The molecule has 1 saturated carbocycles. The van der Waals surface area contributed by atoms with Gasteiger partial charge < -0.3 is 10.1 Å². The summed E-state index contributed by atoms with van der Waals surface area (Å²) in [4.78, 5) is 2.65. The minimum Gasteiger partial charge on any atom is -0.375 e. The molecule has 2 aliphatic rings. The van der Waals surface area contributed by atoms with Gasteiger partial charge >= 0.3 is 0 Å². The fraction of sp³-hybridized carbons (Fsp3) is 0.667. The standard InChI is InChI=1S/C18H28N2O/c1-13-9-14(2)11-15(10-13)16(19-3)12-20-7-8-21-18-6-4-5-17(18)20/h9-11,16-19H,4-8,12H2,1-3H3. The van der Waals surface area contributed by atoms with E-state index in [1.807, 2.05) is 0 Å². The second-order valence-electron chi connectivity index (χ2n) is 6.66. The summed E-state index contributed by atoms with van der Waals surface area (Å²) in [6, 6.07) is 7.93. The van der Waals surface area contributed by atoms with Crippen LogP contribution in [-0.4, -0.2) is 43.8 Å². The van der Waals surface area contributed by atoms with Gasteiger partial charge in [-0.15, -0.1) is 0 Å². The van der Waals surface area contributed by atoms with Crippen LogP contribution in [0.25, 0.3) is 0 Å². The summed E-state index contributed by atoms with van der Waals surface area (Å²) in [5, 5.41) is 3.52. The first-order valence-corrected chi connectivity index (χ1v) is 8.28. The Morgan fingerprint density at radius 3 is 2.71 bits per heavy atom. The number of fused-ring (bicyclic) bond motifs is 1. The summed E-state index contributed by atoms with van der Waals surface area (Å²) in [5.41, 5.74) is 4.12. The molecule has 21 heavy (non-hydrogen) atoms. The van der Waals surface area contributed by atoms with Gasteiger partial charge in [0.1, 0.15) is 0 Å². The Bertz CT molecular complexity index is 468. The van der Waals surface area contributed by atoms with Crippen LogP contribution in [0.3, 0.4) is 0 Å². The minimum absolute atomic E-state index is 0.406. The zero-order chi connectivity index (χ0) is 14.8. The molecule has 1 N–H and O–H groups in total. The highest BCUT2D eigenvalue weighted by Gasteiger charge is 2.36. The van der Waals surface area contributed by atoms with Crippen molar-refractivity contribution < 1.29 is 4.74 Å². The normalized spacial score (nSPS) is 27.6. The molecular formula is C18H28N2O. The smallest absolute Gasteiger partial charge is 0.0730 e. The van der Waals surface area contributed by atoms with Crippen LogP contribution in [0, 0.1) is 13.8 Å². The molecule has 0 spiro atoms. The third-order valence-corrected chi connectivity index (χ3v) is 5.01. The molecule has 1 heterocycles. The van der Waals surface area contributed by atoms with E-state index < -0.39 is 0 Å². The lowest BCUT2D eigenvalue weighted by atomic mass is 10.00. The Labute approximate surface area is 128 Å². The molecule has 1 aliphatic carbocycles. The number of morpholine rings is 1. The molecule has 1 aromatic carbocycles. The van der Waals surface area contributed by atoms with Gasteiger partial charge in [-0.1, -0.05) is 29.3 Å². The molecule has 1 aliphatic heterocycles. The third-order valence-electron chi connectivity index (χ3n) is 5.01. The Kier molecular flexibility index (Phi) is 4.63. The molecule has 1 aromatic rings. The van der Waals surface area contributed by atoms with Crippen molar-refractivity contribution in [1.29, 1.82) is 0 Å². The lowest BCUT2D eigenvalue weighted by molar-refractivity contribution is -0.0580. The molecule has 0 radical (unpaired) electrons. The predicted octanol–water partition coefficient (Wildman–Crippen LogP) is 2.82. The number of rotatable bonds is 4.